The summed E-state index contributed by atoms with van der Waals surface area (Å²) in [5, 5.41) is 120. The van der Waals surface area contributed by atoms with Crippen LogP contribution in [-0.2, 0) is 33.2 Å². The highest BCUT2D eigenvalue weighted by Crippen LogP contribution is 2.33. The third-order valence-electron chi connectivity index (χ3n) is 19.0. The van der Waals surface area contributed by atoms with E-state index in [1.807, 2.05) is 6.08 Å². The van der Waals surface area contributed by atoms with Gasteiger partial charge in [-0.25, -0.2) is 0 Å². The van der Waals surface area contributed by atoms with Crippen LogP contribution in [-0.4, -0.2) is 193 Å². The predicted octanol–water partition coefficient (Wildman–Crippen LogP) is 11.9. The quantitative estimate of drug-likeness (QED) is 0.0199. The van der Waals surface area contributed by atoms with Gasteiger partial charge in [0.1, 0.15) is 73.2 Å². The number of allylic oxidation sites excluding steroid dienone is 9. The van der Waals surface area contributed by atoms with Gasteiger partial charge in [0.25, 0.3) is 0 Å². The lowest BCUT2D eigenvalue weighted by Crippen LogP contribution is -2.66. The molecule has 0 aliphatic carbocycles. The van der Waals surface area contributed by atoms with Crippen molar-refractivity contribution in [2.24, 2.45) is 0 Å². The number of aliphatic hydroxyl groups excluding tert-OH is 11. The van der Waals surface area contributed by atoms with Crippen molar-refractivity contribution in [3.8, 4) is 0 Å². The number of carbonyl (C=O) groups is 1. The Kier molecular flexibility index (Phi) is 53.0. The number of rotatable bonds is 60. The molecule has 3 heterocycles. The molecule has 0 aromatic rings. The minimum absolute atomic E-state index is 0.237. The Bertz CT molecular complexity index is 1970. The van der Waals surface area contributed by atoms with E-state index in [0.717, 1.165) is 51.4 Å². The number of aliphatic hydroxyl groups is 11. The fourth-order valence-corrected chi connectivity index (χ4v) is 12.8. The monoisotopic (exact) mass is 1370 g/mol. The molecule has 19 heteroatoms. The van der Waals surface area contributed by atoms with Gasteiger partial charge in [-0.15, -0.1) is 0 Å². The summed E-state index contributed by atoms with van der Waals surface area (Å²) in [6.45, 7) is 1.66. The van der Waals surface area contributed by atoms with Crippen LogP contribution in [0.5, 0.6) is 0 Å². The van der Waals surface area contributed by atoms with Crippen LogP contribution in [0.25, 0.3) is 0 Å². The van der Waals surface area contributed by atoms with Crippen LogP contribution in [0.4, 0.5) is 0 Å². The van der Waals surface area contributed by atoms with Crippen LogP contribution < -0.4 is 5.32 Å². The van der Waals surface area contributed by atoms with E-state index in [0.29, 0.717) is 12.8 Å². The molecule has 0 aromatic heterocycles. The minimum atomic E-state index is -1.98. The summed E-state index contributed by atoms with van der Waals surface area (Å²) in [5.41, 5.74) is 0. The zero-order chi connectivity index (χ0) is 69.6. The van der Waals surface area contributed by atoms with Crippen LogP contribution in [0.3, 0.4) is 0 Å². The summed E-state index contributed by atoms with van der Waals surface area (Å²) in [7, 11) is 0. The molecule has 3 aliphatic heterocycles. The molecular weight excluding hydrogens is 1230 g/mol. The number of hydrogen-bond donors (Lipinski definition) is 12. The third-order valence-corrected chi connectivity index (χ3v) is 19.0. The average Bonchev–Trinajstić information content (AvgIpc) is 0.802. The standard InChI is InChI=1S/C77H139NO18/c1-3-5-7-9-11-13-15-16-17-18-19-20-21-22-23-24-25-26-27-28-29-30-31-32-33-34-35-36-37-38-39-40-41-42-43-44-45-47-49-51-53-55-65(83)78-60(61(82)54-52-50-48-46-14-12-10-8-6-4-2)59-91-75-71(89)68(86)73(63(57-80)93-75)96-77-72(90)69(87)74(64(58-81)94-77)95-76-70(88)67(85)66(84)62(56-79)92-76/h14-16,18-19,21-22,46,52,54,60-64,66-77,79-82,84-90H,3-13,17,20,23-45,47-51,53,55-59H2,1-2H3,(H,78,83)/b16-15-,19-18-,22-21-,46-14+,54-52+. The van der Waals surface area contributed by atoms with Crippen LogP contribution in [0.1, 0.15) is 290 Å². The first-order chi connectivity index (χ1) is 46.8. The number of amides is 1. The van der Waals surface area contributed by atoms with E-state index >= 15 is 0 Å². The van der Waals surface area contributed by atoms with Gasteiger partial charge in [0.2, 0.25) is 5.91 Å². The zero-order valence-electron chi connectivity index (χ0n) is 59.6. The van der Waals surface area contributed by atoms with E-state index in [4.69, 9.17) is 28.4 Å². The highest BCUT2D eigenvalue weighted by molar-refractivity contribution is 5.76. The van der Waals surface area contributed by atoms with Gasteiger partial charge in [-0.3, -0.25) is 4.79 Å². The molecule has 12 N–H and O–H groups in total. The molecule has 96 heavy (non-hydrogen) atoms. The van der Waals surface area contributed by atoms with E-state index in [-0.39, 0.29) is 18.9 Å². The second-order valence-corrected chi connectivity index (χ2v) is 27.5. The predicted molar refractivity (Wildman–Crippen MR) is 379 cm³/mol. The summed E-state index contributed by atoms with van der Waals surface area (Å²) in [6, 6.07) is -0.988. The van der Waals surface area contributed by atoms with E-state index in [1.54, 1.807) is 6.08 Å². The van der Waals surface area contributed by atoms with Crippen molar-refractivity contribution in [2.75, 3.05) is 26.4 Å². The lowest BCUT2D eigenvalue weighted by Gasteiger charge is -2.48. The average molecular weight is 1370 g/mol. The molecule has 3 aliphatic rings. The van der Waals surface area contributed by atoms with Gasteiger partial charge < -0.3 is 89.9 Å². The van der Waals surface area contributed by atoms with Gasteiger partial charge in [0.15, 0.2) is 18.9 Å². The Morgan fingerprint density at radius 1 is 0.375 bits per heavy atom. The van der Waals surface area contributed by atoms with Crippen molar-refractivity contribution < 1.29 is 89.4 Å². The molecule has 0 spiro atoms. The lowest BCUT2D eigenvalue weighted by molar-refractivity contribution is -0.379. The molecule has 1 amide bonds. The molecule has 0 saturated carbocycles. The number of carbonyl (C=O) groups excluding carboxylic acids is 1. The molecular formula is C77H139NO18. The maximum Gasteiger partial charge on any atom is 0.220 e. The molecule has 17 atom stereocenters. The number of nitrogens with one attached hydrogen (secondary N) is 1. The highest BCUT2D eigenvalue weighted by Gasteiger charge is 2.53. The van der Waals surface area contributed by atoms with Crippen molar-refractivity contribution in [3.05, 3.63) is 60.8 Å². The smallest absolute Gasteiger partial charge is 0.220 e. The molecule has 3 rings (SSSR count). The van der Waals surface area contributed by atoms with Gasteiger partial charge in [-0.05, 0) is 70.6 Å². The molecule has 0 bridgehead atoms. The second kappa shape index (κ2) is 58.0. The van der Waals surface area contributed by atoms with E-state index in [9.17, 15) is 61.0 Å². The highest BCUT2D eigenvalue weighted by atomic mass is 16.8. The van der Waals surface area contributed by atoms with Gasteiger partial charge in [-0.2, -0.15) is 0 Å². The first-order valence-electron chi connectivity index (χ1n) is 38.5. The summed E-state index contributed by atoms with van der Waals surface area (Å²) in [4.78, 5) is 13.4. The first-order valence-corrected chi connectivity index (χ1v) is 38.5. The van der Waals surface area contributed by atoms with Gasteiger partial charge >= 0.3 is 0 Å². The van der Waals surface area contributed by atoms with Gasteiger partial charge in [0, 0.05) is 6.42 Å². The fraction of sp³-hybridized carbons (Fsp3) is 0.857. The topological polar surface area (TPSA) is 307 Å². The largest absolute Gasteiger partial charge is 0.394 e. The van der Waals surface area contributed by atoms with Crippen molar-refractivity contribution in [3.63, 3.8) is 0 Å². The number of ether oxygens (including phenoxy) is 6. The first kappa shape index (κ1) is 87.7. The van der Waals surface area contributed by atoms with Crippen LogP contribution >= 0.6 is 0 Å². The van der Waals surface area contributed by atoms with Crippen molar-refractivity contribution in [2.45, 2.75) is 394 Å². The van der Waals surface area contributed by atoms with Crippen molar-refractivity contribution >= 4 is 5.91 Å². The SMILES string of the molecule is CCCCCC/C=C/CC/C=C/C(O)C(COC1OC(CO)C(OC2OC(CO)C(OC3OC(CO)C(O)C(O)C3O)C(O)C2O)C(O)C1O)NC(=O)CCCCCCCCCCCCCCCCCCCCCCCCCCCC/C=C\C/C=C\C/C=C\CCCCCCC. The number of hydrogen-bond acceptors (Lipinski definition) is 18. The Hall–Kier alpha value is -2.51. The summed E-state index contributed by atoms with van der Waals surface area (Å²) in [6.07, 6.45) is 47.0. The van der Waals surface area contributed by atoms with Gasteiger partial charge in [-0.1, -0.05) is 274 Å². The molecule has 0 aromatic carbocycles. The van der Waals surface area contributed by atoms with E-state index in [1.165, 1.54) is 205 Å². The molecule has 19 nitrogen and oxygen atoms in total. The van der Waals surface area contributed by atoms with Crippen molar-refractivity contribution in [1.82, 2.24) is 5.32 Å². The lowest BCUT2D eigenvalue weighted by atomic mass is 9.96. The van der Waals surface area contributed by atoms with Crippen LogP contribution in [0.15, 0.2) is 60.8 Å². The maximum atomic E-state index is 13.4. The maximum absolute atomic E-state index is 13.4. The minimum Gasteiger partial charge on any atom is -0.394 e. The Labute approximate surface area is 579 Å². The Morgan fingerprint density at radius 3 is 1.12 bits per heavy atom. The Morgan fingerprint density at radius 2 is 0.698 bits per heavy atom. The van der Waals surface area contributed by atoms with Crippen LogP contribution in [0.2, 0.25) is 0 Å². The summed E-state index contributed by atoms with van der Waals surface area (Å²) in [5.74, 6) is -0.284. The van der Waals surface area contributed by atoms with Crippen LogP contribution in [0, 0.1) is 0 Å². The number of unbranched alkanes of at least 4 members (excludes halogenated alkanes) is 36. The van der Waals surface area contributed by atoms with E-state index < -0.39 is 124 Å². The normalized spacial score (nSPS) is 27.4. The third kappa shape index (κ3) is 38.5. The molecule has 3 fully saturated rings. The molecule has 3 saturated heterocycles. The molecule has 17 unspecified atom stereocenters. The fourth-order valence-electron chi connectivity index (χ4n) is 12.8. The summed E-state index contributed by atoms with van der Waals surface area (Å²) >= 11 is 0. The second-order valence-electron chi connectivity index (χ2n) is 27.5. The zero-order valence-corrected chi connectivity index (χ0v) is 59.6. The van der Waals surface area contributed by atoms with Gasteiger partial charge in [0.05, 0.1) is 38.6 Å². The van der Waals surface area contributed by atoms with Crippen molar-refractivity contribution in [1.29, 1.82) is 0 Å². The molecule has 560 valence electrons. The molecule has 0 radical (unpaired) electrons. The Balaban J connectivity index is 1.25. The van der Waals surface area contributed by atoms with E-state index in [2.05, 4.69) is 67.8 Å². The summed E-state index contributed by atoms with van der Waals surface area (Å²) < 4.78 is 34.3.